The maximum Gasteiger partial charge on any atom is 0.224 e. The van der Waals surface area contributed by atoms with Gasteiger partial charge in [-0.05, 0) is 47.9 Å². The number of amides is 1. The topological polar surface area (TPSA) is 75.0 Å². The summed E-state index contributed by atoms with van der Waals surface area (Å²) in [5.74, 6) is -0.687. The molecule has 2 atom stereocenters. The molecule has 30 heavy (non-hydrogen) atoms. The van der Waals surface area contributed by atoms with Crippen molar-refractivity contribution in [1.29, 1.82) is 0 Å². The average molecular weight is 410 g/mol. The summed E-state index contributed by atoms with van der Waals surface area (Å²) in [6.45, 7) is 2.98. The molecule has 156 valence electrons. The van der Waals surface area contributed by atoms with Crippen LogP contribution in [-0.4, -0.2) is 33.6 Å². The van der Waals surface area contributed by atoms with Gasteiger partial charge in [0.15, 0.2) is 0 Å². The van der Waals surface area contributed by atoms with Gasteiger partial charge in [-0.3, -0.25) is 9.89 Å². The van der Waals surface area contributed by atoms with Crippen molar-refractivity contribution in [1.82, 2.24) is 15.1 Å². The summed E-state index contributed by atoms with van der Waals surface area (Å²) in [4.78, 5) is 14.7. The molecule has 0 saturated heterocycles. The minimum absolute atomic E-state index is 0.0200. The minimum Gasteiger partial charge on any atom is -0.338 e. The normalized spacial score (nSPS) is 15.5. The van der Waals surface area contributed by atoms with Crippen LogP contribution >= 0.6 is 0 Å². The first-order valence-corrected chi connectivity index (χ1v) is 10.0. The van der Waals surface area contributed by atoms with Crippen molar-refractivity contribution in [2.24, 2.45) is 5.73 Å². The van der Waals surface area contributed by atoms with E-state index in [4.69, 9.17) is 5.73 Å². The lowest BCUT2D eigenvalue weighted by atomic mass is 9.91. The molecule has 0 spiro atoms. The second kappa shape index (κ2) is 8.36. The Bertz CT molecular complexity index is 1030. The first-order chi connectivity index (χ1) is 14.4. The highest BCUT2D eigenvalue weighted by atomic mass is 19.1. The van der Waals surface area contributed by atoms with Crippen molar-refractivity contribution in [3.63, 3.8) is 0 Å². The van der Waals surface area contributed by atoms with Crippen molar-refractivity contribution < 1.29 is 13.6 Å². The standard InChI is InChI=1S/C23H24F2N4O/c1-14(15-2-6-17(24)7-3-15)20(26)12-22(30)29-11-10-21-19(13-29)23(28-27-21)16-4-8-18(25)9-5-16/h2-9,14,20H,10-13,26H2,1H3,(H,27,28)/t14-,20?/m0/s1. The monoisotopic (exact) mass is 410 g/mol. The fourth-order valence-electron chi connectivity index (χ4n) is 3.88. The molecule has 2 heterocycles. The third-order valence-corrected chi connectivity index (χ3v) is 5.85. The molecule has 0 bridgehead atoms. The zero-order valence-electron chi connectivity index (χ0n) is 16.7. The van der Waals surface area contributed by atoms with E-state index in [-0.39, 0.29) is 35.9 Å². The first-order valence-electron chi connectivity index (χ1n) is 10.0. The molecule has 3 N–H and O–H groups in total. The minimum atomic E-state index is -0.370. The highest BCUT2D eigenvalue weighted by Gasteiger charge is 2.28. The summed E-state index contributed by atoms with van der Waals surface area (Å²) in [5, 5.41) is 7.43. The van der Waals surface area contributed by atoms with Crippen LogP contribution in [0.4, 0.5) is 8.78 Å². The number of hydrogen-bond acceptors (Lipinski definition) is 3. The van der Waals surface area contributed by atoms with Crippen molar-refractivity contribution >= 4 is 5.91 Å². The SMILES string of the molecule is C[C@@H](c1ccc(F)cc1)C(N)CC(=O)N1CCc2[nH]nc(-c3ccc(F)cc3)c2C1. The number of aromatic nitrogens is 2. The Morgan fingerprint density at radius 1 is 1.13 bits per heavy atom. The molecule has 7 heteroatoms. The van der Waals surface area contributed by atoms with E-state index in [0.717, 1.165) is 28.1 Å². The van der Waals surface area contributed by atoms with Gasteiger partial charge in [0, 0.05) is 48.8 Å². The van der Waals surface area contributed by atoms with Gasteiger partial charge in [-0.1, -0.05) is 19.1 Å². The number of H-pyrrole nitrogens is 1. The fourth-order valence-corrected chi connectivity index (χ4v) is 3.88. The van der Waals surface area contributed by atoms with E-state index in [0.29, 0.717) is 19.5 Å². The molecule has 1 aromatic heterocycles. The lowest BCUT2D eigenvalue weighted by Crippen LogP contribution is -2.40. The van der Waals surface area contributed by atoms with E-state index in [1.807, 2.05) is 6.92 Å². The molecule has 5 nitrogen and oxygen atoms in total. The smallest absolute Gasteiger partial charge is 0.224 e. The van der Waals surface area contributed by atoms with E-state index in [2.05, 4.69) is 10.2 Å². The quantitative estimate of drug-likeness (QED) is 0.673. The Morgan fingerprint density at radius 3 is 2.43 bits per heavy atom. The van der Waals surface area contributed by atoms with E-state index < -0.39 is 0 Å². The summed E-state index contributed by atoms with van der Waals surface area (Å²) >= 11 is 0. The largest absolute Gasteiger partial charge is 0.338 e. The van der Waals surface area contributed by atoms with Gasteiger partial charge >= 0.3 is 0 Å². The number of aromatic amines is 1. The van der Waals surface area contributed by atoms with E-state index >= 15 is 0 Å². The summed E-state index contributed by atoms with van der Waals surface area (Å²) in [7, 11) is 0. The highest BCUT2D eigenvalue weighted by Crippen LogP contribution is 2.29. The summed E-state index contributed by atoms with van der Waals surface area (Å²) in [6, 6.07) is 12.0. The van der Waals surface area contributed by atoms with Gasteiger partial charge in [-0.2, -0.15) is 5.10 Å². The van der Waals surface area contributed by atoms with Crippen LogP contribution in [0.5, 0.6) is 0 Å². The molecular formula is C23H24F2N4O. The van der Waals surface area contributed by atoms with Crippen LogP contribution in [0.1, 0.15) is 36.1 Å². The van der Waals surface area contributed by atoms with Gasteiger partial charge in [0.2, 0.25) is 5.91 Å². The van der Waals surface area contributed by atoms with Crippen LogP contribution in [0.15, 0.2) is 48.5 Å². The predicted octanol–water partition coefficient (Wildman–Crippen LogP) is 3.76. The Morgan fingerprint density at radius 2 is 1.77 bits per heavy atom. The van der Waals surface area contributed by atoms with Crippen LogP contribution in [0.25, 0.3) is 11.3 Å². The molecule has 2 aromatic carbocycles. The van der Waals surface area contributed by atoms with Crippen LogP contribution in [0.3, 0.4) is 0 Å². The van der Waals surface area contributed by atoms with Gasteiger partial charge in [-0.25, -0.2) is 8.78 Å². The number of halogens is 2. The zero-order valence-corrected chi connectivity index (χ0v) is 16.7. The van der Waals surface area contributed by atoms with Crippen LogP contribution in [0, 0.1) is 11.6 Å². The first kappa shape index (κ1) is 20.2. The van der Waals surface area contributed by atoms with Crippen molar-refractivity contribution in [2.75, 3.05) is 6.54 Å². The molecular weight excluding hydrogens is 386 g/mol. The summed E-state index contributed by atoms with van der Waals surface area (Å²) < 4.78 is 26.4. The van der Waals surface area contributed by atoms with Crippen LogP contribution in [0.2, 0.25) is 0 Å². The second-order valence-corrected chi connectivity index (χ2v) is 7.81. The molecule has 0 saturated carbocycles. The second-order valence-electron chi connectivity index (χ2n) is 7.81. The summed E-state index contributed by atoms with van der Waals surface area (Å²) in [5.41, 5.74) is 10.7. The Labute approximate surface area is 173 Å². The van der Waals surface area contributed by atoms with Crippen LogP contribution in [-0.2, 0) is 17.8 Å². The Balaban J connectivity index is 1.45. The van der Waals surface area contributed by atoms with Gasteiger partial charge in [-0.15, -0.1) is 0 Å². The zero-order chi connectivity index (χ0) is 21.3. The number of nitrogens with two attached hydrogens (primary N) is 1. The maximum atomic E-state index is 13.3. The van der Waals surface area contributed by atoms with E-state index in [1.54, 1.807) is 29.2 Å². The number of rotatable bonds is 5. The van der Waals surface area contributed by atoms with E-state index in [9.17, 15) is 13.6 Å². The van der Waals surface area contributed by atoms with Gasteiger partial charge in [0.05, 0.1) is 5.69 Å². The number of nitrogens with one attached hydrogen (secondary N) is 1. The van der Waals surface area contributed by atoms with Crippen LogP contribution < -0.4 is 5.73 Å². The predicted molar refractivity (Wildman–Crippen MR) is 111 cm³/mol. The molecule has 1 aliphatic rings. The van der Waals surface area contributed by atoms with Gasteiger partial charge < -0.3 is 10.6 Å². The Hall–Kier alpha value is -3.06. The molecule has 4 rings (SSSR count). The molecule has 0 radical (unpaired) electrons. The average Bonchev–Trinajstić information content (AvgIpc) is 3.17. The fraction of sp³-hybridized carbons (Fsp3) is 0.304. The number of hydrogen-bond donors (Lipinski definition) is 2. The maximum absolute atomic E-state index is 13.3. The molecule has 1 aliphatic heterocycles. The van der Waals surface area contributed by atoms with Crippen molar-refractivity contribution in [3.05, 3.63) is 77.0 Å². The third kappa shape index (κ3) is 4.11. The molecule has 0 fully saturated rings. The Kier molecular flexibility index (Phi) is 5.63. The number of fused-ring (bicyclic) bond motifs is 1. The lowest BCUT2D eigenvalue weighted by molar-refractivity contribution is -0.132. The highest BCUT2D eigenvalue weighted by molar-refractivity contribution is 5.78. The number of nitrogens with zero attached hydrogens (tertiary/aromatic N) is 2. The lowest BCUT2D eigenvalue weighted by Gasteiger charge is -2.29. The number of benzene rings is 2. The number of carbonyl (C=O) groups is 1. The molecule has 1 unspecified atom stereocenters. The van der Waals surface area contributed by atoms with Gasteiger partial charge in [0.1, 0.15) is 11.6 Å². The van der Waals surface area contributed by atoms with Crippen molar-refractivity contribution in [3.8, 4) is 11.3 Å². The molecule has 1 amide bonds. The van der Waals surface area contributed by atoms with Crippen molar-refractivity contribution in [2.45, 2.75) is 38.3 Å². The summed E-state index contributed by atoms with van der Waals surface area (Å²) in [6.07, 6.45) is 0.885. The third-order valence-electron chi connectivity index (χ3n) is 5.85. The molecule has 3 aromatic rings. The molecule has 0 aliphatic carbocycles. The number of carbonyl (C=O) groups excluding carboxylic acids is 1. The van der Waals surface area contributed by atoms with Gasteiger partial charge in [0.25, 0.3) is 0 Å². The van der Waals surface area contributed by atoms with E-state index in [1.165, 1.54) is 24.3 Å².